The Hall–Kier alpha value is -2.14. The van der Waals surface area contributed by atoms with Gasteiger partial charge in [0, 0.05) is 43.9 Å². The number of likely N-dealkylation sites (N-methyl/N-ethyl adjacent to an activating group) is 1. The van der Waals surface area contributed by atoms with Gasteiger partial charge in [-0.25, -0.2) is 0 Å². The average molecular weight is 382 g/mol. The summed E-state index contributed by atoms with van der Waals surface area (Å²) in [7, 11) is 3.25. The Balaban J connectivity index is 0.000000878. The zero-order chi connectivity index (χ0) is 20.2. The van der Waals surface area contributed by atoms with Gasteiger partial charge in [-0.1, -0.05) is 62.4 Å². The van der Waals surface area contributed by atoms with E-state index in [9.17, 15) is 0 Å². The molecule has 0 radical (unpaired) electrons. The van der Waals surface area contributed by atoms with Crippen LogP contribution < -0.4 is 5.32 Å². The normalized spacial score (nSPS) is 10.9. The number of aromatic nitrogens is 1. The molecular formula is C24H35N3O. The Kier molecular flexibility index (Phi) is 9.77. The highest BCUT2D eigenvalue weighted by Gasteiger charge is 2.12. The molecule has 0 aliphatic heterocycles. The Morgan fingerprint density at radius 1 is 0.893 bits per heavy atom. The number of fused-ring (bicyclic) bond motifs is 1. The molecule has 1 heterocycles. The Labute approximate surface area is 169 Å². The number of hydrogen-bond donors (Lipinski definition) is 2. The Morgan fingerprint density at radius 3 is 2.21 bits per heavy atom. The lowest BCUT2D eigenvalue weighted by atomic mass is 10.0. The number of nitrogens with one attached hydrogen (secondary N) is 2. The highest BCUT2D eigenvalue weighted by Crippen LogP contribution is 2.30. The number of ether oxygens (including phenoxy) is 1. The lowest BCUT2D eigenvalue weighted by Crippen LogP contribution is -2.32. The molecule has 0 atom stereocenters. The molecule has 3 rings (SSSR count). The first-order valence-electron chi connectivity index (χ1n) is 10.2. The predicted octanol–water partition coefficient (Wildman–Crippen LogP) is 4.57. The minimum Gasteiger partial charge on any atom is -0.388 e. The minimum atomic E-state index is 1.00. The van der Waals surface area contributed by atoms with Crippen molar-refractivity contribution in [2.24, 2.45) is 0 Å². The van der Waals surface area contributed by atoms with Crippen molar-refractivity contribution in [1.29, 1.82) is 0 Å². The monoisotopic (exact) mass is 381 g/mol. The van der Waals surface area contributed by atoms with Crippen LogP contribution in [0.5, 0.6) is 0 Å². The zero-order valence-corrected chi connectivity index (χ0v) is 17.8. The molecule has 0 amide bonds. The van der Waals surface area contributed by atoms with Crippen molar-refractivity contribution in [3.05, 3.63) is 60.2 Å². The van der Waals surface area contributed by atoms with Gasteiger partial charge in [0.2, 0.25) is 0 Å². The summed E-state index contributed by atoms with van der Waals surface area (Å²) in [5, 5.41) is 4.95. The second-order valence-corrected chi connectivity index (χ2v) is 6.83. The van der Waals surface area contributed by atoms with E-state index in [0.29, 0.717) is 0 Å². The van der Waals surface area contributed by atoms with E-state index >= 15 is 0 Å². The van der Waals surface area contributed by atoms with Crippen molar-refractivity contribution in [2.75, 3.05) is 46.9 Å². The van der Waals surface area contributed by atoms with Crippen molar-refractivity contribution >= 4 is 10.9 Å². The first-order valence-corrected chi connectivity index (χ1v) is 10.2. The first-order chi connectivity index (χ1) is 13.7. The van der Waals surface area contributed by atoms with E-state index in [0.717, 1.165) is 39.1 Å². The van der Waals surface area contributed by atoms with Crippen LogP contribution in [0, 0.1) is 0 Å². The van der Waals surface area contributed by atoms with Crippen LogP contribution in [0.3, 0.4) is 0 Å². The van der Waals surface area contributed by atoms with E-state index in [2.05, 4.69) is 88.4 Å². The van der Waals surface area contributed by atoms with E-state index in [-0.39, 0.29) is 0 Å². The van der Waals surface area contributed by atoms with E-state index in [1.165, 1.54) is 27.7 Å². The molecule has 0 unspecified atom stereocenters. The van der Waals surface area contributed by atoms with Gasteiger partial charge in [0.15, 0.2) is 0 Å². The fourth-order valence-electron chi connectivity index (χ4n) is 3.43. The van der Waals surface area contributed by atoms with Crippen molar-refractivity contribution in [2.45, 2.75) is 20.3 Å². The molecule has 152 valence electrons. The van der Waals surface area contributed by atoms with Crippen LogP contribution in [0.1, 0.15) is 19.4 Å². The highest BCUT2D eigenvalue weighted by atomic mass is 16.4. The Morgan fingerprint density at radius 2 is 1.54 bits per heavy atom. The molecular weight excluding hydrogens is 346 g/mol. The van der Waals surface area contributed by atoms with Gasteiger partial charge in [-0.3, -0.25) is 0 Å². The molecule has 0 fully saturated rings. The van der Waals surface area contributed by atoms with Crippen LogP contribution in [0.25, 0.3) is 22.2 Å². The lowest BCUT2D eigenvalue weighted by molar-refractivity contribution is 0.277. The molecule has 2 aromatic carbocycles. The fourth-order valence-corrected chi connectivity index (χ4v) is 3.43. The predicted molar refractivity (Wildman–Crippen MR) is 121 cm³/mol. The molecule has 0 aliphatic carbocycles. The number of rotatable bonds is 9. The minimum absolute atomic E-state index is 1.00. The second-order valence-electron chi connectivity index (χ2n) is 6.83. The van der Waals surface area contributed by atoms with Crippen LogP contribution >= 0.6 is 0 Å². The van der Waals surface area contributed by atoms with E-state index in [1.807, 2.05) is 0 Å². The maximum atomic E-state index is 4.25. The molecule has 3 aromatic rings. The third-order valence-electron chi connectivity index (χ3n) is 4.93. The topological polar surface area (TPSA) is 40.3 Å². The maximum absolute atomic E-state index is 4.25. The summed E-state index contributed by atoms with van der Waals surface area (Å²) in [6, 6.07) is 19.3. The van der Waals surface area contributed by atoms with Crippen LogP contribution in [0.4, 0.5) is 0 Å². The fraction of sp³-hybridized carbons (Fsp3) is 0.417. The van der Waals surface area contributed by atoms with Gasteiger partial charge in [-0.05, 0) is 43.2 Å². The molecule has 4 nitrogen and oxygen atoms in total. The van der Waals surface area contributed by atoms with Gasteiger partial charge in [-0.15, -0.1) is 0 Å². The van der Waals surface area contributed by atoms with E-state index in [4.69, 9.17) is 0 Å². The summed E-state index contributed by atoms with van der Waals surface area (Å²) >= 11 is 0. The van der Waals surface area contributed by atoms with Gasteiger partial charge in [0.1, 0.15) is 0 Å². The number of benzene rings is 2. The smallest absolute Gasteiger partial charge is 0.0497 e. The van der Waals surface area contributed by atoms with Crippen LogP contribution in [0.2, 0.25) is 0 Å². The third kappa shape index (κ3) is 6.20. The summed E-state index contributed by atoms with van der Waals surface area (Å²) in [6.45, 7) is 9.86. The Bertz CT molecular complexity index is 794. The first kappa shape index (κ1) is 22.2. The van der Waals surface area contributed by atoms with Crippen LogP contribution in [-0.2, 0) is 11.2 Å². The molecule has 0 spiro atoms. The summed E-state index contributed by atoms with van der Waals surface area (Å²) in [5.41, 5.74) is 5.15. The second kappa shape index (κ2) is 12.3. The molecule has 28 heavy (non-hydrogen) atoms. The van der Waals surface area contributed by atoms with Crippen LogP contribution in [-0.4, -0.2) is 56.8 Å². The largest absolute Gasteiger partial charge is 0.388 e. The quantitative estimate of drug-likeness (QED) is 0.533. The molecule has 0 bridgehead atoms. The van der Waals surface area contributed by atoms with Gasteiger partial charge in [0.05, 0.1) is 0 Å². The number of methoxy groups -OCH3 is 1. The van der Waals surface area contributed by atoms with E-state index in [1.54, 1.807) is 14.2 Å². The lowest BCUT2D eigenvalue weighted by Gasteiger charge is -2.18. The maximum Gasteiger partial charge on any atom is 0.0497 e. The van der Waals surface area contributed by atoms with Gasteiger partial charge >= 0.3 is 0 Å². The molecule has 0 saturated heterocycles. The zero-order valence-electron chi connectivity index (χ0n) is 17.8. The van der Waals surface area contributed by atoms with Crippen LogP contribution in [0.15, 0.2) is 54.6 Å². The molecule has 1 aromatic heterocycles. The summed E-state index contributed by atoms with van der Waals surface area (Å²) in [5.74, 6) is 0. The van der Waals surface area contributed by atoms with Crippen molar-refractivity contribution in [3.8, 4) is 11.3 Å². The number of para-hydroxylation sites is 1. The molecule has 0 saturated carbocycles. The van der Waals surface area contributed by atoms with Crippen molar-refractivity contribution in [3.63, 3.8) is 0 Å². The standard InChI is InChI=1S/C22H29N3.C2H6O/c1-3-25(4-2)17-16-23-15-14-20-19-12-8-9-13-21(19)24-22(20)18-10-6-5-7-11-18;1-3-2/h5-13,23-24H,3-4,14-17H2,1-2H3;1-2H3. The van der Waals surface area contributed by atoms with Gasteiger partial charge in [-0.2, -0.15) is 0 Å². The number of aromatic amines is 1. The summed E-state index contributed by atoms with van der Waals surface area (Å²) in [6.07, 6.45) is 1.03. The third-order valence-corrected chi connectivity index (χ3v) is 4.93. The van der Waals surface area contributed by atoms with Gasteiger partial charge < -0.3 is 19.9 Å². The number of hydrogen-bond acceptors (Lipinski definition) is 3. The SMILES string of the molecule is CCN(CC)CCNCCc1c(-c2ccccc2)[nH]c2ccccc12.COC. The van der Waals surface area contributed by atoms with Crippen molar-refractivity contribution in [1.82, 2.24) is 15.2 Å². The molecule has 4 heteroatoms. The molecule has 2 N–H and O–H groups in total. The molecule has 0 aliphatic rings. The summed E-state index contributed by atoms with van der Waals surface area (Å²) in [4.78, 5) is 6.07. The average Bonchev–Trinajstić information content (AvgIpc) is 3.11. The number of nitrogens with zero attached hydrogens (tertiary/aromatic N) is 1. The van der Waals surface area contributed by atoms with Crippen molar-refractivity contribution < 1.29 is 4.74 Å². The summed E-state index contributed by atoms with van der Waals surface area (Å²) < 4.78 is 4.25. The van der Waals surface area contributed by atoms with E-state index < -0.39 is 0 Å². The number of H-pyrrole nitrogens is 1. The van der Waals surface area contributed by atoms with Gasteiger partial charge in [0.25, 0.3) is 0 Å². The highest BCUT2D eigenvalue weighted by molar-refractivity contribution is 5.90.